The van der Waals surface area contributed by atoms with Crippen molar-refractivity contribution in [1.82, 2.24) is 9.78 Å². The zero-order valence-electron chi connectivity index (χ0n) is 10.7. The van der Waals surface area contributed by atoms with Gasteiger partial charge in [-0.2, -0.15) is 5.10 Å². The van der Waals surface area contributed by atoms with Crippen molar-refractivity contribution in [2.45, 2.75) is 33.1 Å². The molecule has 1 heterocycles. The molecule has 0 aliphatic rings. The van der Waals surface area contributed by atoms with Crippen LogP contribution >= 0.6 is 0 Å². The molecule has 4 heteroatoms. The summed E-state index contributed by atoms with van der Waals surface area (Å²) < 4.78 is 1.91. The number of hydrogen-bond donors (Lipinski definition) is 2. The Morgan fingerprint density at radius 2 is 2.06 bits per heavy atom. The second kappa shape index (κ2) is 5.46. The highest BCUT2D eigenvalue weighted by atomic mass is 16.3. The largest absolute Gasteiger partial charge is 0.396 e. The van der Waals surface area contributed by atoms with Gasteiger partial charge in [0.15, 0.2) is 0 Å². The summed E-state index contributed by atoms with van der Waals surface area (Å²) in [5.41, 5.74) is 9.20. The first-order valence-electron chi connectivity index (χ1n) is 5.82. The fraction of sp³-hybridized carbons (Fsp3) is 0.750. The van der Waals surface area contributed by atoms with Crippen LogP contribution in [0.5, 0.6) is 0 Å². The highest BCUT2D eigenvalue weighted by Crippen LogP contribution is 2.28. The molecule has 0 aliphatic carbocycles. The number of nitrogens with zero attached hydrogens (tertiary/aromatic N) is 2. The lowest BCUT2D eigenvalue weighted by atomic mass is 9.89. The van der Waals surface area contributed by atoms with Crippen molar-refractivity contribution in [3.63, 3.8) is 0 Å². The van der Waals surface area contributed by atoms with Crippen LogP contribution in [0.3, 0.4) is 0 Å². The van der Waals surface area contributed by atoms with Crippen LogP contribution in [0.15, 0.2) is 0 Å². The molecular formula is C12H23N3O. The zero-order chi connectivity index (χ0) is 12.3. The van der Waals surface area contributed by atoms with Crippen molar-refractivity contribution in [2.75, 3.05) is 13.2 Å². The fourth-order valence-corrected chi connectivity index (χ4v) is 2.37. The fourth-order valence-electron chi connectivity index (χ4n) is 2.37. The van der Waals surface area contributed by atoms with Crippen LogP contribution in [0.25, 0.3) is 0 Å². The molecular weight excluding hydrogens is 202 g/mol. The van der Waals surface area contributed by atoms with Gasteiger partial charge in [0.05, 0.1) is 5.69 Å². The molecule has 0 fully saturated rings. The second-order valence-corrected chi connectivity index (χ2v) is 4.63. The summed E-state index contributed by atoms with van der Waals surface area (Å²) in [7, 11) is 1.96. The van der Waals surface area contributed by atoms with Gasteiger partial charge in [0.2, 0.25) is 0 Å². The highest BCUT2D eigenvalue weighted by molar-refractivity contribution is 5.28. The normalized spacial score (nSPS) is 15.1. The minimum absolute atomic E-state index is 0.166. The van der Waals surface area contributed by atoms with Gasteiger partial charge in [-0.05, 0) is 44.2 Å². The van der Waals surface area contributed by atoms with Gasteiger partial charge in [-0.3, -0.25) is 4.68 Å². The predicted octanol–water partition coefficient (Wildman–Crippen LogP) is 1.10. The third-order valence-corrected chi connectivity index (χ3v) is 3.34. The number of aryl methyl sites for hydroxylation is 2. The third kappa shape index (κ3) is 2.62. The predicted molar refractivity (Wildman–Crippen MR) is 65.3 cm³/mol. The molecule has 1 aromatic rings. The molecule has 16 heavy (non-hydrogen) atoms. The zero-order valence-corrected chi connectivity index (χ0v) is 10.7. The molecule has 4 nitrogen and oxygen atoms in total. The molecule has 0 aliphatic heterocycles. The summed E-state index contributed by atoms with van der Waals surface area (Å²) in [4.78, 5) is 0. The first-order valence-corrected chi connectivity index (χ1v) is 5.82. The number of rotatable bonds is 5. The quantitative estimate of drug-likeness (QED) is 0.788. The lowest BCUT2D eigenvalue weighted by Crippen LogP contribution is -2.20. The van der Waals surface area contributed by atoms with Crippen LogP contribution in [0.4, 0.5) is 0 Å². The van der Waals surface area contributed by atoms with E-state index in [1.165, 1.54) is 11.3 Å². The molecule has 1 aromatic heterocycles. The molecule has 0 radical (unpaired) electrons. The second-order valence-electron chi connectivity index (χ2n) is 4.63. The Balaban J connectivity index is 2.83. The minimum Gasteiger partial charge on any atom is -0.396 e. The van der Waals surface area contributed by atoms with E-state index in [9.17, 15) is 0 Å². The monoisotopic (exact) mass is 225 g/mol. The van der Waals surface area contributed by atoms with Crippen molar-refractivity contribution >= 4 is 0 Å². The van der Waals surface area contributed by atoms with E-state index in [1.807, 2.05) is 18.7 Å². The van der Waals surface area contributed by atoms with E-state index < -0.39 is 0 Å². The molecule has 0 amide bonds. The summed E-state index contributed by atoms with van der Waals surface area (Å²) in [6, 6.07) is 0. The Bertz CT molecular complexity index is 342. The number of aromatic nitrogens is 2. The van der Waals surface area contributed by atoms with Gasteiger partial charge in [-0.25, -0.2) is 0 Å². The number of aliphatic hydroxyl groups excluding tert-OH is 1. The maximum absolute atomic E-state index is 9.16. The van der Waals surface area contributed by atoms with Crippen LogP contribution in [-0.4, -0.2) is 28.0 Å². The number of hydrogen-bond acceptors (Lipinski definition) is 3. The molecule has 0 aromatic carbocycles. The van der Waals surface area contributed by atoms with Crippen LogP contribution < -0.4 is 5.73 Å². The lowest BCUT2D eigenvalue weighted by Gasteiger charge is -2.18. The molecule has 0 saturated heterocycles. The van der Waals surface area contributed by atoms with Gasteiger partial charge >= 0.3 is 0 Å². The van der Waals surface area contributed by atoms with Gasteiger partial charge in [0.25, 0.3) is 0 Å². The van der Waals surface area contributed by atoms with Crippen molar-refractivity contribution in [1.29, 1.82) is 0 Å². The summed E-state index contributed by atoms with van der Waals surface area (Å²) in [6.45, 7) is 7.01. The van der Waals surface area contributed by atoms with Crippen molar-refractivity contribution in [2.24, 2.45) is 18.7 Å². The van der Waals surface area contributed by atoms with Crippen molar-refractivity contribution in [3.8, 4) is 0 Å². The SMILES string of the molecule is Cc1nn(C)c(C)c1C(C)CC(CN)CO. The van der Waals surface area contributed by atoms with Gasteiger partial charge in [0, 0.05) is 19.3 Å². The third-order valence-electron chi connectivity index (χ3n) is 3.34. The summed E-state index contributed by atoms with van der Waals surface area (Å²) in [5.74, 6) is 0.586. The highest BCUT2D eigenvalue weighted by Gasteiger charge is 2.19. The van der Waals surface area contributed by atoms with E-state index in [2.05, 4.69) is 18.9 Å². The van der Waals surface area contributed by atoms with E-state index in [-0.39, 0.29) is 12.5 Å². The number of aliphatic hydroxyl groups is 1. The summed E-state index contributed by atoms with van der Waals surface area (Å²) in [5, 5.41) is 13.6. The number of nitrogens with two attached hydrogens (primary N) is 1. The van der Waals surface area contributed by atoms with Gasteiger partial charge in [-0.1, -0.05) is 6.92 Å². The Morgan fingerprint density at radius 3 is 2.44 bits per heavy atom. The molecule has 0 saturated carbocycles. The van der Waals surface area contributed by atoms with Gasteiger partial charge in [0.1, 0.15) is 0 Å². The van der Waals surface area contributed by atoms with Gasteiger partial charge < -0.3 is 10.8 Å². The van der Waals surface area contributed by atoms with Gasteiger partial charge in [-0.15, -0.1) is 0 Å². The van der Waals surface area contributed by atoms with E-state index in [0.29, 0.717) is 12.5 Å². The Kier molecular flexibility index (Phi) is 4.50. The molecule has 0 spiro atoms. The maximum atomic E-state index is 9.16. The first kappa shape index (κ1) is 13.2. The molecule has 3 N–H and O–H groups in total. The van der Waals surface area contributed by atoms with Crippen LogP contribution in [0.1, 0.15) is 36.2 Å². The minimum atomic E-state index is 0.166. The molecule has 92 valence electrons. The van der Waals surface area contributed by atoms with Crippen LogP contribution in [0, 0.1) is 19.8 Å². The summed E-state index contributed by atoms with van der Waals surface area (Å²) >= 11 is 0. The van der Waals surface area contributed by atoms with Crippen molar-refractivity contribution in [3.05, 3.63) is 17.0 Å². The average Bonchev–Trinajstić information content (AvgIpc) is 2.49. The molecule has 2 atom stereocenters. The van der Waals surface area contributed by atoms with E-state index in [1.54, 1.807) is 0 Å². The van der Waals surface area contributed by atoms with E-state index in [4.69, 9.17) is 10.8 Å². The average molecular weight is 225 g/mol. The Labute approximate surface area is 97.5 Å². The van der Waals surface area contributed by atoms with E-state index in [0.717, 1.165) is 12.1 Å². The molecule has 0 bridgehead atoms. The summed E-state index contributed by atoms with van der Waals surface area (Å²) in [6.07, 6.45) is 0.917. The standard InChI is InChI=1S/C12H23N3O/c1-8(5-11(6-13)7-16)12-9(2)14-15(4)10(12)3/h8,11,16H,5-7,13H2,1-4H3. The molecule has 1 rings (SSSR count). The van der Waals surface area contributed by atoms with Crippen LogP contribution in [0.2, 0.25) is 0 Å². The smallest absolute Gasteiger partial charge is 0.0631 e. The lowest BCUT2D eigenvalue weighted by molar-refractivity contribution is 0.217. The first-order chi connectivity index (χ1) is 7.51. The van der Waals surface area contributed by atoms with Crippen molar-refractivity contribution < 1.29 is 5.11 Å². The Hall–Kier alpha value is -0.870. The molecule has 2 unspecified atom stereocenters. The Morgan fingerprint density at radius 1 is 1.44 bits per heavy atom. The van der Waals surface area contributed by atoms with Crippen LogP contribution in [-0.2, 0) is 7.05 Å². The topological polar surface area (TPSA) is 64.1 Å². The van der Waals surface area contributed by atoms with E-state index >= 15 is 0 Å². The maximum Gasteiger partial charge on any atom is 0.0631 e.